The molecule has 1 unspecified atom stereocenters. The number of benzene rings is 1. The molecular weight excluding hydrogens is 238 g/mol. The maximum atomic E-state index is 13.0. The molecule has 4 heteroatoms. The van der Waals surface area contributed by atoms with Crippen molar-refractivity contribution in [2.24, 2.45) is 0 Å². The Morgan fingerprint density at radius 2 is 2.13 bits per heavy atom. The van der Waals surface area contributed by atoms with Gasteiger partial charge in [0.25, 0.3) is 0 Å². The molecule has 80 valence electrons. The average Bonchev–Trinajstić information content (AvgIpc) is 2.18. The lowest BCUT2D eigenvalue weighted by Crippen LogP contribution is -2.45. The van der Waals surface area contributed by atoms with Gasteiger partial charge in [0.2, 0.25) is 0 Å². The summed E-state index contributed by atoms with van der Waals surface area (Å²) >= 11 is 11.7. The molecule has 1 atom stereocenters. The number of alkyl halides is 2. The molecule has 0 saturated heterocycles. The van der Waals surface area contributed by atoms with E-state index in [1.807, 2.05) is 6.92 Å². The van der Waals surface area contributed by atoms with Crippen molar-refractivity contribution in [3.63, 3.8) is 0 Å². The van der Waals surface area contributed by atoms with Gasteiger partial charge in [0, 0.05) is 12.3 Å². The van der Waals surface area contributed by atoms with Crippen LogP contribution in [0.5, 0.6) is 0 Å². The second-order valence-corrected chi connectivity index (χ2v) is 5.19. The highest BCUT2D eigenvalue weighted by Crippen LogP contribution is 2.51. The molecule has 1 nitrogen and oxygen atoms in total. The Kier molecular flexibility index (Phi) is 2.52. The number of hydrogen-bond acceptors (Lipinski definition) is 1. The van der Waals surface area contributed by atoms with Gasteiger partial charge in [-0.25, -0.2) is 4.39 Å². The Labute approximate surface area is 97.2 Å². The number of rotatable bonds is 1. The van der Waals surface area contributed by atoms with Crippen molar-refractivity contribution in [2.45, 2.75) is 23.6 Å². The molecule has 0 heterocycles. The van der Waals surface area contributed by atoms with E-state index in [9.17, 15) is 9.18 Å². The molecule has 0 bridgehead atoms. The van der Waals surface area contributed by atoms with Crippen molar-refractivity contribution in [3.8, 4) is 0 Å². The topological polar surface area (TPSA) is 17.1 Å². The summed E-state index contributed by atoms with van der Waals surface area (Å²) in [5.41, 5.74) is 1.62. The van der Waals surface area contributed by atoms with Gasteiger partial charge in [0.05, 0.1) is 0 Å². The number of carbonyl (C=O) groups is 1. The zero-order valence-electron chi connectivity index (χ0n) is 8.06. The molecule has 0 spiro atoms. The van der Waals surface area contributed by atoms with Gasteiger partial charge < -0.3 is 0 Å². The number of aryl methyl sites for hydroxylation is 1. The van der Waals surface area contributed by atoms with Gasteiger partial charge in [0.1, 0.15) is 5.82 Å². The van der Waals surface area contributed by atoms with Crippen LogP contribution in [0.3, 0.4) is 0 Å². The van der Waals surface area contributed by atoms with Gasteiger partial charge in [-0.3, -0.25) is 4.79 Å². The van der Waals surface area contributed by atoms with Crippen molar-refractivity contribution in [1.29, 1.82) is 0 Å². The van der Waals surface area contributed by atoms with Gasteiger partial charge in [-0.15, -0.1) is 0 Å². The number of ketones is 1. The number of halogens is 3. The third-order valence-corrected chi connectivity index (χ3v) is 3.76. The summed E-state index contributed by atoms with van der Waals surface area (Å²) in [7, 11) is 0. The fraction of sp³-hybridized carbons (Fsp3) is 0.364. The molecule has 0 radical (unpaired) electrons. The first-order valence-electron chi connectivity index (χ1n) is 4.60. The van der Waals surface area contributed by atoms with E-state index in [0.717, 1.165) is 11.1 Å². The van der Waals surface area contributed by atoms with Crippen LogP contribution in [-0.4, -0.2) is 10.1 Å². The zero-order chi connectivity index (χ0) is 11.2. The normalized spacial score (nSPS) is 23.7. The first-order chi connectivity index (χ1) is 6.93. The average molecular weight is 247 g/mol. The van der Waals surface area contributed by atoms with E-state index in [1.54, 1.807) is 6.07 Å². The number of Topliss-reactive ketones (excluding diaryl/α,β-unsaturated/α-hetero) is 1. The molecule has 0 amide bonds. The van der Waals surface area contributed by atoms with Gasteiger partial charge in [-0.05, 0) is 30.2 Å². The van der Waals surface area contributed by atoms with Crippen LogP contribution in [0.25, 0.3) is 0 Å². The molecule has 0 N–H and O–H groups in total. The molecule has 2 rings (SSSR count). The molecular formula is C11H9Cl2FO. The molecule has 0 aliphatic heterocycles. The highest BCUT2D eigenvalue weighted by Gasteiger charge is 2.53. The molecule has 15 heavy (non-hydrogen) atoms. The zero-order valence-corrected chi connectivity index (χ0v) is 9.57. The fourth-order valence-electron chi connectivity index (χ4n) is 1.80. The van der Waals surface area contributed by atoms with Gasteiger partial charge in [-0.1, -0.05) is 29.3 Å². The van der Waals surface area contributed by atoms with E-state index >= 15 is 0 Å². The maximum absolute atomic E-state index is 13.0. The first-order valence-corrected chi connectivity index (χ1v) is 5.35. The molecule has 0 aromatic heterocycles. The van der Waals surface area contributed by atoms with E-state index < -0.39 is 4.33 Å². The quantitative estimate of drug-likeness (QED) is 0.695. The van der Waals surface area contributed by atoms with Crippen LogP contribution in [0.4, 0.5) is 4.39 Å². The van der Waals surface area contributed by atoms with Crippen LogP contribution in [0.1, 0.15) is 23.5 Å². The smallest absolute Gasteiger partial charge is 0.183 e. The Morgan fingerprint density at radius 3 is 2.67 bits per heavy atom. The summed E-state index contributed by atoms with van der Waals surface area (Å²) in [4.78, 5) is 11.2. The third-order valence-electron chi connectivity index (χ3n) is 2.82. The van der Waals surface area contributed by atoms with Crippen molar-refractivity contribution >= 4 is 29.0 Å². The predicted octanol–water partition coefficient (Wildman–Crippen LogP) is 3.36. The molecule has 1 fully saturated rings. The van der Waals surface area contributed by atoms with E-state index in [0.29, 0.717) is 0 Å². The SMILES string of the molecule is Cc1ccc(F)cc1C1CC(=O)C1(Cl)Cl. The Balaban J connectivity index is 2.39. The van der Waals surface area contributed by atoms with Crippen LogP contribution < -0.4 is 0 Å². The van der Waals surface area contributed by atoms with Crippen molar-refractivity contribution < 1.29 is 9.18 Å². The summed E-state index contributed by atoms with van der Waals surface area (Å²) in [6.07, 6.45) is 0.289. The molecule has 1 aromatic carbocycles. The second kappa shape index (κ2) is 3.46. The van der Waals surface area contributed by atoms with Gasteiger partial charge in [0.15, 0.2) is 10.1 Å². The lowest BCUT2D eigenvalue weighted by Gasteiger charge is -2.38. The van der Waals surface area contributed by atoms with Crippen LogP contribution >= 0.6 is 23.2 Å². The Morgan fingerprint density at radius 1 is 1.47 bits per heavy atom. The summed E-state index contributed by atoms with van der Waals surface area (Å²) in [6.45, 7) is 1.85. The molecule has 1 aliphatic rings. The van der Waals surface area contributed by atoms with E-state index in [1.165, 1.54) is 12.1 Å². The highest BCUT2D eigenvalue weighted by atomic mass is 35.5. The lowest BCUT2D eigenvalue weighted by atomic mass is 9.76. The summed E-state index contributed by atoms with van der Waals surface area (Å²) in [5, 5.41) is 0. The standard InChI is InChI=1S/C11H9Cl2FO/c1-6-2-3-7(14)4-8(6)9-5-10(15)11(9,12)13/h2-4,9H,5H2,1H3. The number of carbonyl (C=O) groups excluding carboxylic acids is 1. The van der Waals surface area contributed by atoms with E-state index in [2.05, 4.69) is 0 Å². The van der Waals surface area contributed by atoms with Crippen molar-refractivity contribution in [2.75, 3.05) is 0 Å². The minimum atomic E-state index is -1.38. The first kappa shape index (κ1) is 10.9. The third kappa shape index (κ3) is 1.66. The van der Waals surface area contributed by atoms with Crippen LogP contribution in [0.2, 0.25) is 0 Å². The summed E-state index contributed by atoms with van der Waals surface area (Å²) in [6, 6.07) is 4.44. The minimum Gasteiger partial charge on any atom is -0.296 e. The van der Waals surface area contributed by atoms with E-state index in [4.69, 9.17) is 23.2 Å². The second-order valence-electron chi connectivity index (χ2n) is 3.80. The highest BCUT2D eigenvalue weighted by molar-refractivity contribution is 6.61. The van der Waals surface area contributed by atoms with Crippen LogP contribution in [-0.2, 0) is 4.79 Å². The van der Waals surface area contributed by atoms with Crippen molar-refractivity contribution in [1.82, 2.24) is 0 Å². The fourth-order valence-corrected chi connectivity index (χ4v) is 2.35. The molecule has 1 aliphatic carbocycles. The minimum absolute atomic E-state index is 0.195. The molecule has 1 saturated carbocycles. The Bertz CT molecular complexity index is 429. The van der Waals surface area contributed by atoms with Crippen LogP contribution in [0, 0.1) is 12.7 Å². The largest absolute Gasteiger partial charge is 0.296 e. The van der Waals surface area contributed by atoms with Crippen molar-refractivity contribution in [3.05, 3.63) is 35.1 Å². The summed E-state index contributed by atoms with van der Waals surface area (Å²) in [5.74, 6) is -0.817. The van der Waals surface area contributed by atoms with Gasteiger partial charge in [-0.2, -0.15) is 0 Å². The number of hydrogen-bond donors (Lipinski definition) is 0. The lowest BCUT2D eigenvalue weighted by molar-refractivity contribution is -0.125. The maximum Gasteiger partial charge on any atom is 0.183 e. The van der Waals surface area contributed by atoms with Gasteiger partial charge >= 0.3 is 0 Å². The Hall–Kier alpha value is -0.600. The van der Waals surface area contributed by atoms with Crippen LogP contribution in [0.15, 0.2) is 18.2 Å². The summed E-state index contributed by atoms with van der Waals surface area (Å²) < 4.78 is 11.7. The predicted molar refractivity (Wildman–Crippen MR) is 57.9 cm³/mol. The molecule has 1 aromatic rings. The monoisotopic (exact) mass is 246 g/mol. The van der Waals surface area contributed by atoms with E-state index in [-0.39, 0.29) is 23.9 Å².